The number of amides is 1. The lowest BCUT2D eigenvalue weighted by molar-refractivity contribution is 0.0933. The monoisotopic (exact) mass is 149 g/mol. The van der Waals surface area contributed by atoms with Crippen LogP contribution in [0.25, 0.3) is 0 Å². The molecule has 0 aliphatic carbocycles. The summed E-state index contributed by atoms with van der Waals surface area (Å²) in [5.41, 5.74) is 0. The SMILES string of the molecule is O=C(O)NCCOCCO. The van der Waals surface area contributed by atoms with Gasteiger partial charge in [-0.25, -0.2) is 4.79 Å². The fraction of sp³-hybridized carbons (Fsp3) is 0.800. The minimum atomic E-state index is -1.06. The summed E-state index contributed by atoms with van der Waals surface area (Å²) in [7, 11) is 0. The maximum absolute atomic E-state index is 9.82. The minimum absolute atomic E-state index is 0.0347. The van der Waals surface area contributed by atoms with Gasteiger partial charge < -0.3 is 20.3 Å². The quantitative estimate of drug-likeness (QED) is 0.450. The minimum Gasteiger partial charge on any atom is -0.465 e. The van der Waals surface area contributed by atoms with E-state index in [-0.39, 0.29) is 19.8 Å². The highest BCUT2D eigenvalue weighted by Crippen LogP contribution is 1.70. The third kappa shape index (κ3) is 7.19. The Labute approximate surface area is 58.6 Å². The van der Waals surface area contributed by atoms with Gasteiger partial charge in [-0.1, -0.05) is 0 Å². The van der Waals surface area contributed by atoms with Crippen molar-refractivity contribution in [3.8, 4) is 0 Å². The van der Waals surface area contributed by atoms with E-state index in [2.05, 4.69) is 5.32 Å². The molecule has 0 atom stereocenters. The number of aliphatic hydroxyl groups is 1. The number of aliphatic hydroxyl groups excluding tert-OH is 1. The van der Waals surface area contributed by atoms with Crippen molar-refractivity contribution in [2.75, 3.05) is 26.4 Å². The van der Waals surface area contributed by atoms with E-state index in [0.29, 0.717) is 6.61 Å². The fourth-order valence-corrected chi connectivity index (χ4v) is 0.397. The molecule has 0 aliphatic heterocycles. The van der Waals surface area contributed by atoms with Gasteiger partial charge in [-0.2, -0.15) is 0 Å². The smallest absolute Gasteiger partial charge is 0.404 e. The van der Waals surface area contributed by atoms with Crippen LogP contribution in [0.1, 0.15) is 0 Å². The molecule has 0 aliphatic rings. The van der Waals surface area contributed by atoms with E-state index in [4.69, 9.17) is 14.9 Å². The Kier molecular flexibility index (Phi) is 5.80. The molecule has 0 saturated heterocycles. The van der Waals surface area contributed by atoms with Gasteiger partial charge in [0.05, 0.1) is 19.8 Å². The summed E-state index contributed by atoms with van der Waals surface area (Å²) in [4.78, 5) is 9.82. The first-order valence-corrected chi connectivity index (χ1v) is 2.92. The van der Waals surface area contributed by atoms with Crippen LogP contribution in [0.3, 0.4) is 0 Å². The molecule has 0 bridgehead atoms. The number of carbonyl (C=O) groups is 1. The second-order valence-electron chi connectivity index (χ2n) is 1.57. The van der Waals surface area contributed by atoms with Gasteiger partial charge in [0.2, 0.25) is 0 Å². The van der Waals surface area contributed by atoms with Gasteiger partial charge in [0.1, 0.15) is 0 Å². The molecule has 3 N–H and O–H groups in total. The molecular weight excluding hydrogens is 138 g/mol. The van der Waals surface area contributed by atoms with Crippen LogP contribution in [0, 0.1) is 0 Å². The highest BCUT2D eigenvalue weighted by Gasteiger charge is 1.91. The van der Waals surface area contributed by atoms with Gasteiger partial charge in [-0.15, -0.1) is 0 Å². The second kappa shape index (κ2) is 6.31. The van der Waals surface area contributed by atoms with Crippen LogP contribution in [0.15, 0.2) is 0 Å². The van der Waals surface area contributed by atoms with Crippen molar-refractivity contribution in [2.45, 2.75) is 0 Å². The third-order valence-electron chi connectivity index (χ3n) is 0.758. The van der Waals surface area contributed by atoms with E-state index in [9.17, 15) is 4.79 Å². The largest absolute Gasteiger partial charge is 0.465 e. The van der Waals surface area contributed by atoms with Crippen LogP contribution >= 0.6 is 0 Å². The van der Waals surface area contributed by atoms with Gasteiger partial charge in [-0.05, 0) is 0 Å². The molecule has 5 nitrogen and oxygen atoms in total. The number of rotatable bonds is 5. The molecule has 0 spiro atoms. The molecular formula is C5H11NO4. The van der Waals surface area contributed by atoms with E-state index >= 15 is 0 Å². The topological polar surface area (TPSA) is 78.8 Å². The molecule has 0 heterocycles. The molecule has 0 aromatic heterocycles. The third-order valence-corrected chi connectivity index (χ3v) is 0.758. The Morgan fingerprint density at radius 3 is 2.70 bits per heavy atom. The average molecular weight is 149 g/mol. The zero-order chi connectivity index (χ0) is 7.82. The maximum atomic E-state index is 9.82. The van der Waals surface area contributed by atoms with Crippen LogP contribution in [0.4, 0.5) is 4.79 Å². The van der Waals surface area contributed by atoms with E-state index < -0.39 is 6.09 Å². The van der Waals surface area contributed by atoms with E-state index in [0.717, 1.165) is 0 Å². The Balaban J connectivity index is 2.84. The van der Waals surface area contributed by atoms with Crippen LogP contribution in [-0.2, 0) is 4.74 Å². The Bertz CT molecular complexity index is 95.6. The van der Waals surface area contributed by atoms with Gasteiger partial charge in [0.15, 0.2) is 0 Å². The first kappa shape index (κ1) is 9.19. The summed E-state index contributed by atoms with van der Waals surface area (Å²) in [5.74, 6) is 0. The van der Waals surface area contributed by atoms with Gasteiger partial charge in [-0.3, -0.25) is 0 Å². The summed E-state index contributed by atoms with van der Waals surface area (Å²) in [6.07, 6.45) is -1.06. The normalized spacial score (nSPS) is 9.30. The lowest BCUT2D eigenvalue weighted by atomic mass is 10.7. The highest BCUT2D eigenvalue weighted by atomic mass is 16.5. The number of nitrogens with one attached hydrogen (secondary N) is 1. The van der Waals surface area contributed by atoms with Crippen LogP contribution in [-0.4, -0.2) is 42.7 Å². The van der Waals surface area contributed by atoms with Crippen LogP contribution in [0.5, 0.6) is 0 Å². The Hall–Kier alpha value is -0.810. The van der Waals surface area contributed by atoms with E-state index in [1.165, 1.54) is 0 Å². The average Bonchev–Trinajstić information content (AvgIpc) is 1.87. The van der Waals surface area contributed by atoms with Crippen molar-refractivity contribution in [2.24, 2.45) is 0 Å². The Morgan fingerprint density at radius 2 is 2.20 bits per heavy atom. The number of hydrogen-bond donors (Lipinski definition) is 3. The van der Waals surface area contributed by atoms with Crippen molar-refractivity contribution in [1.29, 1.82) is 0 Å². The molecule has 5 heteroatoms. The van der Waals surface area contributed by atoms with Crippen molar-refractivity contribution in [1.82, 2.24) is 5.32 Å². The fourth-order valence-electron chi connectivity index (χ4n) is 0.397. The lowest BCUT2D eigenvalue weighted by Gasteiger charge is -2.00. The molecule has 1 amide bonds. The summed E-state index contributed by atoms with van der Waals surface area (Å²) in [6.45, 7) is 0.774. The van der Waals surface area contributed by atoms with Crippen molar-refractivity contribution < 1.29 is 19.7 Å². The lowest BCUT2D eigenvalue weighted by Crippen LogP contribution is -2.25. The molecule has 0 aromatic carbocycles. The van der Waals surface area contributed by atoms with Crippen molar-refractivity contribution in [3.05, 3.63) is 0 Å². The van der Waals surface area contributed by atoms with Crippen LogP contribution < -0.4 is 5.32 Å². The van der Waals surface area contributed by atoms with Crippen molar-refractivity contribution >= 4 is 6.09 Å². The first-order valence-electron chi connectivity index (χ1n) is 2.92. The summed E-state index contributed by atoms with van der Waals surface area (Å²) >= 11 is 0. The number of ether oxygens (including phenoxy) is 1. The summed E-state index contributed by atoms with van der Waals surface area (Å²) in [5, 5.41) is 18.4. The molecule has 0 rings (SSSR count). The first-order chi connectivity index (χ1) is 4.77. The van der Waals surface area contributed by atoms with Crippen molar-refractivity contribution in [3.63, 3.8) is 0 Å². The number of hydrogen-bond acceptors (Lipinski definition) is 3. The summed E-state index contributed by atoms with van der Waals surface area (Å²) in [6, 6.07) is 0. The second-order valence-corrected chi connectivity index (χ2v) is 1.57. The zero-order valence-electron chi connectivity index (χ0n) is 5.54. The molecule has 0 aromatic rings. The predicted octanol–water partition coefficient (Wildman–Crippen LogP) is -0.737. The number of carboxylic acid groups (broad SMARTS) is 1. The molecule has 0 radical (unpaired) electrons. The Morgan fingerprint density at radius 1 is 1.50 bits per heavy atom. The van der Waals surface area contributed by atoms with Gasteiger partial charge >= 0.3 is 6.09 Å². The van der Waals surface area contributed by atoms with Crippen LogP contribution in [0.2, 0.25) is 0 Å². The predicted molar refractivity (Wildman–Crippen MR) is 33.9 cm³/mol. The maximum Gasteiger partial charge on any atom is 0.404 e. The highest BCUT2D eigenvalue weighted by molar-refractivity contribution is 5.64. The molecule has 0 fully saturated rings. The zero-order valence-corrected chi connectivity index (χ0v) is 5.54. The van der Waals surface area contributed by atoms with E-state index in [1.54, 1.807) is 0 Å². The standard InChI is InChI=1S/C5H11NO4/c7-2-4-10-3-1-6-5(8)9/h6-7H,1-4H2,(H,8,9). The molecule has 10 heavy (non-hydrogen) atoms. The molecule has 0 unspecified atom stereocenters. The van der Waals surface area contributed by atoms with Gasteiger partial charge in [0.25, 0.3) is 0 Å². The molecule has 0 saturated carbocycles. The van der Waals surface area contributed by atoms with E-state index in [1.807, 2.05) is 0 Å². The summed E-state index contributed by atoms with van der Waals surface area (Å²) < 4.78 is 4.76. The van der Waals surface area contributed by atoms with Gasteiger partial charge in [0, 0.05) is 6.54 Å². The molecule has 60 valence electrons.